The number of likely N-dealkylation sites (N-methyl/N-ethyl adjacent to an activating group) is 1. The molecule has 20 heavy (non-hydrogen) atoms. The average Bonchev–Trinajstić information content (AvgIpc) is 2.35. The zero-order chi connectivity index (χ0) is 15.3. The molecule has 1 rings (SSSR count). The fourth-order valence-corrected chi connectivity index (χ4v) is 1.54. The molecule has 1 unspecified atom stereocenters. The first kappa shape index (κ1) is 15.9. The summed E-state index contributed by atoms with van der Waals surface area (Å²) in [5.41, 5.74) is 0.414. The molecule has 0 heterocycles. The summed E-state index contributed by atoms with van der Waals surface area (Å²) >= 11 is 0. The molecule has 5 nitrogen and oxygen atoms in total. The molecule has 0 bridgehead atoms. The summed E-state index contributed by atoms with van der Waals surface area (Å²) in [6.45, 7) is 1.53. The number of carbonyl (C=O) groups is 2. The van der Waals surface area contributed by atoms with Crippen molar-refractivity contribution in [3.8, 4) is 0 Å². The number of urea groups is 1. The summed E-state index contributed by atoms with van der Waals surface area (Å²) in [5, 5.41) is 11.2. The second-order valence-corrected chi connectivity index (χ2v) is 4.38. The summed E-state index contributed by atoms with van der Waals surface area (Å²) in [5.74, 6) is -2.47. The van der Waals surface area contributed by atoms with Gasteiger partial charge in [0.05, 0.1) is 0 Å². The molecule has 7 heteroatoms. The number of aliphatic carboxylic acids is 1. The van der Waals surface area contributed by atoms with Gasteiger partial charge in [0, 0.05) is 19.7 Å². The maximum absolute atomic E-state index is 12.9. The first-order chi connectivity index (χ1) is 9.31. The number of carboxylic acid groups (broad SMARTS) is 1. The van der Waals surface area contributed by atoms with Crippen molar-refractivity contribution in [1.29, 1.82) is 0 Å². The van der Waals surface area contributed by atoms with E-state index in [4.69, 9.17) is 5.11 Å². The van der Waals surface area contributed by atoms with Crippen LogP contribution < -0.4 is 5.32 Å². The maximum atomic E-state index is 12.9. The molecule has 0 saturated carbocycles. The van der Waals surface area contributed by atoms with Crippen LogP contribution in [0.5, 0.6) is 0 Å². The molecule has 0 aromatic heterocycles. The highest BCUT2D eigenvalue weighted by Gasteiger charge is 2.21. The lowest BCUT2D eigenvalue weighted by molar-refractivity contribution is -0.141. The van der Waals surface area contributed by atoms with Gasteiger partial charge in [-0.05, 0) is 31.0 Å². The molecular weight excluding hydrogens is 270 g/mol. The summed E-state index contributed by atoms with van der Waals surface area (Å²) < 4.78 is 25.9. The van der Waals surface area contributed by atoms with Gasteiger partial charge in [-0.15, -0.1) is 0 Å². The van der Waals surface area contributed by atoms with Crippen LogP contribution in [0.1, 0.15) is 12.5 Å². The van der Waals surface area contributed by atoms with E-state index in [0.717, 1.165) is 11.0 Å². The van der Waals surface area contributed by atoms with Gasteiger partial charge in [-0.25, -0.2) is 18.4 Å². The van der Waals surface area contributed by atoms with Crippen molar-refractivity contribution in [2.45, 2.75) is 19.4 Å². The maximum Gasteiger partial charge on any atom is 0.326 e. The zero-order valence-corrected chi connectivity index (χ0v) is 11.2. The minimum absolute atomic E-state index is 0.151. The van der Waals surface area contributed by atoms with Crippen LogP contribution in [0.15, 0.2) is 18.2 Å². The molecule has 0 spiro atoms. The van der Waals surface area contributed by atoms with Gasteiger partial charge in [-0.2, -0.15) is 0 Å². The second-order valence-electron chi connectivity index (χ2n) is 4.38. The van der Waals surface area contributed by atoms with Gasteiger partial charge in [0.15, 0.2) is 0 Å². The van der Waals surface area contributed by atoms with Crippen LogP contribution in [0.2, 0.25) is 0 Å². The van der Waals surface area contributed by atoms with Gasteiger partial charge in [-0.1, -0.05) is 0 Å². The van der Waals surface area contributed by atoms with Gasteiger partial charge in [0.1, 0.15) is 17.7 Å². The Balaban J connectivity index is 2.47. The molecule has 0 aliphatic carbocycles. The first-order valence-corrected chi connectivity index (χ1v) is 5.99. The van der Waals surface area contributed by atoms with Gasteiger partial charge in [0.25, 0.3) is 0 Å². The Hall–Kier alpha value is -2.18. The highest BCUT2D eigenvalue weighted by Crippen LogP contribution is 2.08. The highest BCUT2D eigenvalue weighted by molar-refractivity contribution is 5.82. The number of benzene rings is 1. The predicted octanol–water partition coefficient (Wildman–Crippen LogP) is 1.62. The smallest absolute Gasteiger partial charge is 0.326 e. The third-order valence-electron chi connectivity index (χ3n) is 2.87. The summed E-state index contributed by atoms with van der Waals surface area (Å²) in [7, 11) is 1.36. The number of hydrogen-bond acceptors (Lipinski definition) is 2. The standard InChI is InChI=1S/C13H16F2N2O3/c1-8(12(18)19)17(2)13(20)16-4-3-9-5-10(14)7-11(15)6-9/h5-8H,3-4H2,1-2H3,(H,16,20)(H,18,19). The van der Waals surface area contributed by atoms with Crippen molar-refractivity contribution in [2.24, 2.45) is 0 Å². The number of nitrogens with zero attached hydrogens (tertiary/aromatic N) is 1. The number of amides is 2. The van der Waals surface area contributed by atoms with Crippen LogP contribution in [0.4, 0.5) is 13.6 Å². The van der Waals surface area contributed by atoms with E-state index >= 15 is 0 Å². The molecule has 0 saturated heterocycles. The SMILES string of the molecule is CC(C(=O)O)N(C)C(=O)NCCc1cc(F)cc(F)c1. The average molecular weight is 286 g/mol. The van der Waals surface area contributed by atoms with Crippen molar-refractivity contribution >= 4 is 12.0 Å². The molecule has 110 valence electrons. The van der Waals surface area contributed by atoms with Crippen LogP contribution in [-0.2, 0) is 11.2 Å². The van der Waals surface area contributed by atoms with E-state index in [1.807, 2.05) is 0 Å². The molecule has 0 aliphatic heterocycles. The Morgan fingerprint density at radius 3 is 2.35 bits per heavy atom. The summed E-state index contributed by atoms with van der Waals surface area (Å²) in [6.07, 6.45) is 0.246. The molecule has 2 N–H and O–H groups in total. The number of carbonyl (C=O) groups excluding carboxylic acids is 1. The quantitative estimate of drug-likeness (QED) is 0.864. The lowest BCUT2D eigenvalue weighted by Gasteiger charge is -2.21. The molecule has 1 atom stereocenters. The number of halogens is 2. The molecule has 1 aromatic carbocycles. The summed E-state index contributed by atoms with van der Waals surface area (Å²) in [4.78, 5) is 23.4. The van der Waals surface area contributed by atoms with Gasteiger partial charge < -0.3 is 15.3 Å². The monoisotopic (exact) mass is 286 g/mol. The number of hydrogen-bond donors (Lipinski definition) is 2. The Bertz CT molecular complexity index is 488. The fraction of sp³-hybridized carbons (Fsp3) is 0.385. The molecule has 2 amide bonds. The lowest BCUT2D eigenvalue weighted by atomic mass is 10.1. The van der Waals surface area contributed by atoms with Crippen molar-refractivity contribution < 1.29 is 23.5 Å². The minimum atomic E-state index is -1.12. The lowest BCUT2D eigenvalue weighted by Crippen LogP contribution is -2.46. The number of carboxylic acids is 1. The second kappa shape index (κ2) is 6.83. The Kier molecular flexibility index (Phi) is 5.42. The van der Waals surface area contributed by atoms with Gasteiger partial charge in [0.2, 0.25) is 0 Å². The molecule has 0 aliphatic rings. The highest BCUT2D eigenvalue weighted by atomic mass is 19.1. The number of rotatable bonds is 5. The molecular formula is C13H16F2N2O3. The van der Waals surface area contributed by atoms with Gasteiger partial charge in [-0.3, -0.25) is 0 Å². The molecule has 0 fully saturated rings. The fourth-order valence-electron chi connectivity index (χ4n) is 1.54. The third kappa shape index (κ3) is 4.49. The Morgan fingerprint density at radius 1 is 1.30 bits per heavy atom. The van der Waals surface area contributed by atoms with E-state index in [9.17, 15) is 18.4 Å². The van der Waals surface area contributed by atoms with Crippen molar-refractivity contribution in [2.75, 3.05) is 13.6 Å². The van der Waals surface area contributed by atoms with Crippen molar-refractivity contribution in [3.63, 3.8) is 0 Å². The van der Waals surface area contributed by atoms with E-state index in [2.05, 4.69) is 5.32 Å². The van der Waals surface area contributed by atoms with Crippen molar-refractivity contribution in [1.82, 2.24) is 10.2 Å². The van der Waals surface area contributed by atoms with E-state index in [0.29, 0.717) is 5.56 Å². The van der Waals surface area contributed by atoms with Gasteiger partial charge >= 0.3 is 12.0 Å². The van der Waals surface area contributed by atoms with E-state index < -0.39 is 29.7 Å². The van der Waals surface area contributed by atoms with Crippen LogP contribution >= 0.6 is 0 Å². The van der Waals surface area contributed by atoms with E-state index in [-0.39, 0.29) is 13.0 Å². The Morgan fingerprint density at radius 2 is 1.85 bits per heavy atom. The largest absolute Gasteiger partial charge is 0.480 e. The van der Waals surface area contributed by atoms with E-state index in [1.54, 1.807) is 0 Å². The van der Waals surface area contributed by atoms with Crippen molar-refractivity contribution in [3.05, 3.63) is 35.4 Å². The molecule has 1 aromatic rings. The Labute approximate surface area is 115 Å². The minimum Gasteiger partial charge on any atom is -0.480 e. The number of nitrogens with one attached hydrogen (secondary N) is 1. The van der Waals surface area contributed by atoms with Crippen LogP contribution in [0.25, 0.3) is 0 Å². The first-order valence-electron chi connectivity index (χ1n) is 5.99. The predicted molar refractivity (Wildman–Crippen MR) is 68.3 cm³/mol. The topological polar surface area (TPSA) is 69.6 Å². The van der Waals surface area contributed by atoms with Crippen LogP contribution in [0, 0.1) is 11.6 Å². The third-order valence-corrected chi connectivity index (χ3v) is 2.87. The molecule has 0 radical (unpaired) electrons. The normalized spacial score (nSPS) is 11.8. The van der Waals surface area contributed by atoms with E-state index in [1.165, 1.54) is 26.1 Å². The van der Waals surface area contributed by atoms with Crippen LogP contribution in [-0.4, -0.2) is 41.6 Å². The van der Waals surface area contributed by atoms with Crippen LogP contribution in [0.3, 0.4) is 0 Å². The summed E-state index contributed by atoms with van der Waals surface area (Å²) in [6, 6.07) is 1.61. The zero-order valence-electron chi connectivity index (χ0n) is 11.2.